The van der Waals surface area contributed by atoms with Crippen LogP contribution in [0.2, 0.25) is 0 Å². The third-order valence-electron chi connectivity index (χ3n) is 7.15. The normalized spacial score (nSPS) is 21.8. The van der Waals surface area contributed by atoms with E-state index in [2.05, 4.69) is 62.8 Å². The van der Waals surface area contributed by atoms with E-state index >= 15 is 0 Å². The molecule has 1 atom stereocenters. The van der Waals surface area contributed by atoms with Crippen LogP contribution in [-0.2, 0) is 4.74 Å². The smallest absolute Gasteiger partial charge is 0.190 e. The van der Waals surface area contributed by atoms with E-state index in [9.17, 15) is 0 Å². The molecule has 2 aliphatic rings. The Balaban J connectivity index is 0.00000363. The lowest BCUT2D eigenvalue weighted by Crippen LogP contribution is -2.48. The van der Waals surface area contributed by atoms with Gasteiger partial charge in [-0.3, -0.25) is 9.89 Å². The molecule has 1 saturated carbocycles. The first-order valence-corrected chi connectivity index (χ1v) is 12.1. The molecule has 1 aromatic carbocycles. The summed E-state index contributed by atoms with van der Waals surface area (Å²) in [4.78, 5) is 9.55. The quantitative estimate of drug-likeness (QED) is 0.199. The monoisotopic (exact) mass is 557 g/mol. The summed E-state index contributed by atoms with van der Waals surface area (Å²) in [6, 6.07) is 11.4. The van der Waals surface area contributed by atoms with Crippen LogP contribution in [0.3, 0.4) is 0 Å². The van der Waals surface area contributed by atoms with Crippen molar-refractivity contribution in [1.29, 1.82) is 0 Å². The second kappa shape index (κ2) is 14.4. The number of rotatable bonds is 10. The van der Waals surface area contributed by atoms with Gasteiger partial charge in [-0.05, 0) is 43.7 Å². The number of hydrogen-bond acceptors (Lipinski definition) is 4. The molecule has 1 aromatic rings. The zero-order chi connectivity index (χ0) is 21.9. The zero-order valence-corrected chi connectivity index (χ0v) is 22.6. The molecule has 0 bridgehead atoms. The topological polar surface area (TPSA) is 52.1 Å². The van der Waals surface area contributed by atoms with Gasteiger partial charge in [0.05, 0.1) is 0 Å². The van der Waals surface area contributed by atoms with E-state index in [1.54, 1.807) is 7.11 Å². The van der Waals surface area contributed by atoms with Crippen molar-refractivity contribution in [3.05, 3.63) is 35.9 Å². The summed E-state index contributed by atoms with van der Waals surface area (Å²) >= 11 is 0. The van der Waals surface area contributed by atoms with Crippen molar-refractivity contribution in [2.45, 2.75) is 44.6 Å². The molecule has 0 spiro atoms. The average Bonchev–Trinajstić information content (AvgIpc) is 3.27. The molecule has 2 N–H and O–H groups in total. The molecule has 1 unspecified atom stereocenters. The van der Waals surface area contributed by atoms with E-state index in [4.69, 9.17) is 4.74 Å². The highest BCUT2D eigenvalue weighted by Gasteiger charge is 2.33. The molecular formula is C25H44IN5O. The number of benzene rings is 1. The zero-order valence-electron chi connectivity index (χ0n) is 20.3. The van der Waals surface area contributed by atoms with Crippen molar-refractivity contribution < 1.29 is 4.74 Å². The number of methoxy groups -OCH3 is 1. The van der Waals surface area contributed by atoms with Crippen LogP contribution in [0, 0.1) is 5.41 Å². The average molecular weight is 558 g/mol. The molecule has 0 radical (unpaired) electrons. The number of piperazine rings is 1. The standard InChI is InChI=1S/C25H43N5O.HI/c1-26-24(28-21-25(14-19-31-3)12-7-8-13-25)27-15-9-16-30-18-17-29(2)20-23(30)22-10-5-4-6-11-22;/h4-6,10-11,23H,7-9,12-21H2,1-3H3,(H2,26,27,28);1H. The van der Waals surface area contributed by atoms with E-state index in [1.807, 2.05) is 7.05 Å². The van der Waals surface area contributed by atoms with Crippen LogP contribution in [0.25, 0.3) is 0 Å². The van der Waals surface area contributed by atoms with Gasteiger partial charge < -0.3 is 20.3 Å². The van der Waals surface area contributed by atoms with Gasteiger partial charge in [0.1, 0.15) is 0 Å². The number of hydrogen-bond donors (Lipinski definition) is 2. The molecule has 6 nitrogen and oxygen atoms in total. The Hall–Kier alpha value is -0.900. The maximum absolute atomic E-state index is 5.36. The Labute approximate surface area is 212 Å². The second-order valence-electron chi connectivity index (χ2n) is 9.38. The Morgan fingerprint density at radius 1 is 1.16 bits per heavy atom. The summed E-state index contributed by atoms with van der Waals surface area (Å²) < 4.78 is 5.36. The van der Waals surface area contributed by atoms with Crippen LogP contribution in [0.1, 0.15) is 50.1 Å². The minimum Gasteiger partial charge on any atom is -0.385 e. The van der Waals surface area contributed by atoms with Gasteiger partial charge in [-0.25, -0.2) is 0 Å². The number of aliphatic imine (C=N–C) groups is 1. The van der Waals surface area contributed by atoms with Crippen molar-refractivity contribution in [2.75, 3.05) is 67.1 Å². The van der Waals surface area contributed by atoms with Gasteiger partial charge in [-0.2, -0.15) is 0 Å². The van der Waals surface area contributed by atoms with E-state index in [1.165, 1.54) is 31.2 Å². The van der Waals surface area contributed by atoms with Crippen LogP contribution in [-0.4, -0.2) is 82.8 Å². The van der Waals surface area contributed by atoms with Crippen molar-refractivity contribution in [3.63, 3.8) is 0 Å². The minimum absolute atomic E-state index is 0. The predicted octanol–water partition coefficient (Wildman–Crippen LogP) is 3.75. The van der Waals surface area contributed by atoms with Gasteiger partial charge in [0.15, 0.2) is 5.96 Å². The van der Waals surface area contributed by atoms with Crippen LogP contribution in [0.4, 0.5) is 0 Å². The number of likely N-dealkylation sites (N-methyl/N-ethyl adjacent to an activating group) is 1. The van der Waals surface area contributed by atoms with Crippen LogP contribution in [0.5, 0.6) is 0 Å². The SMILES string of the molecule is CN=C(NCCCN1CCN(C)CC1c1ccccc1)NCC1(CCOC)CCCC1.I. The fourth-order valence-corrected chi connectivity index (χ4v) is 5.16. The summed E-state index contributed by atoms with van der Waals surface area (Å²) in [6.07, 6.45) is 7.52. The highest BCUT2D eigenvalue weighted by Crippen LogP contribution is 2.40. The van der Waals surface area contributed by atoms with Gasteiger partial charge in [-0.15, -0.1) is 24.0 Å². The van der Waals surface area contributed by atoms with Crippen molar-refractivity contribution in [3.8, 4) is 0 Å². The van der Waals surface area contributed by atoms with Gasteiger partial charge >= 0.3 is 0 Å². The number of nitrogens with zero attached hydrogens (tertiary/aromatic N) is 3. The summed E-state index contributed by atoms with van der Waals surface area (Å²) in [6.45, 7) is 7.26. The molecule has 1 saturated heterocycles. The Bertz CT molecular complexity index is 666. The molecule has 7 heteroatoms. The lowest BCUT2D eigenvalue weighted by Gasteiger charge is -2.40. The van der Waals surface area contributed by atoms with Gasteiger partial charge in [0, 0.05) is 66.1 Å². The minimum atomic E-state index is 0. The second-order valence-corrected chi connectivity index (χ2v) is 9.38. The number of ether oxygens (including phenoxy) is 1. The summed E-state index contributed by atoms with van der Waals surface area (Å²) in [5, 5.41) is 7.14. The molecule has 1 aliphatic carbocycles. The largest absolute Gasteiger partial charge is 0.385 e. The fraction of sp³-hybridized carbons (Fsp3) is 0.720. The van der Waals surface area contributed by atoms with Gasteiger partial charge in [-0.1, -0.05) is 43.2 Å². The first kappa shape index (κ1) is 27.3. The number of guanidine groups is 1. The lowest BCUT2D eigenvalue weighted by molar-refractivity contribution is 0.0891. The highest BCUT2D eigenvalue weighted by molar-refractivity contribution is 14.0. The Morgan fingerprint density at radius 2 is 1.91 bits per heavy atom. The fourth-order valence-electron chi connectivity index (χ4n) is 5.16. The molecule has 0 amide bonds. The number of halogens is 1. The number of nitrogens with one attached hydrogen (secondary N) is 2. The summed E-state index contributed by atoms with van der Waals surface area (Å²) in [5.41, 5.74) is 1.80. The molecular weight excluding hydrogens is 513 g/mol. The first-order chi connectivity index (χ1) is 15.2. The Kier molecular flexibility index (Phi) is 12.3. The molecule has 32 heavy (non-hydrogen) atoms. The van der Waals surface area contributed by atoms with Crippen molar-refractivity contribution >= 4 is 29.9 Å². The van der Waals surface area contributed by atoms with E-state index in [0.29, 0.717) is 11.5 Å². The summed E-state index contributed by atoms with van der Waals surface area (Å²) in [5.74, 6) is 0.932. The van der Waals surface area contributed by atoms with E-state index in [-0.39, 0.29) is 24.0 Å². The molecule has 2 fully saturated rings. The summed E-state index contributed by atoms with van der Waals surface area (Å²) in [7, 11) is 5.91. The predicted molar refractivity (Wildman–Crippen MR) is 145 cm³/mol. The first-order valence-electron chi connectivity index (χ1n) is 12.1. The third-order valence-corrected chi connectivity index (χ3v) is 7.15. The van der Waals surface area contributed by atoms with Crippen LogP contribution >= 0.6 is 24.0 Å². The van der Waals surface area contributed by atoms with Crippen LogP contribution in [0.15, 0.2) is 35.3 Å². The van der Waals surface area contributed by atoms with Gasteiger partial charge in [0.2, 0.25) is 0 Å². The maximum Gasteiger partial charge on any atom is 0.190 e. The Morgan fingerprint density at radius 3 is 2.59 bits per heavy atom. The molecule has 1 heterocycles. The van der Waals surface area contributed by atoms with E-state index < -0.39 is 0 Å². The van der Waals surface area contributed by atoms with Crippen molar-refractivity contribution in [1.82, 2.24) is 20.4 Å². The lowest BCUT2D eigenvalue weighted by atomic mass is 9.83. The van der Waals surface area contributed by atoms with Crippen LogP contribution < -0.4 is 10.6 Å². The van der Waals surface area contributed by atoms with Gasteiger partial charge in [0.25, 0.3) is 0 Å². The third kappa shape index (κ3) is 8.15. The molecule has 1 aliphatic heterocycles. The van der Waals surface area contributed by atoms with E-state index in [0.717, 1.165) is 64.7 Å². The maximum atomic E-state index is 5.36. The molecule has 3 rings (SSSR count). The highest BCUT2D eigenvalue weighted by atomic mass is 127. The molecule has 0 aromatic heterocycles. The van der Waals surface area contributed by atoms with Crippen molar-refractivity contribution in [2.24, 2.45) is 10.4 Å². The molecule has 182 valence electrons.